The van der Waals surface area contributed by atoms with Crippen molar-refractivity contribution in [3.63, 3.8) is 0 Å². The number of pyridine rings is 1. The normalized spacial score (nSPS) is 11.8. The van der Waals surface area contributed by atoms with Gasteiger partial charge in [0.25, 0.3) is 0 Å². The van der Waals surface area contributed by atoms with Gasteiger partial charge in [-0.3, -0.25) is 9.20 Å². The Balaban J connectivity index is 1.75. The van der Waals surface area contributed by atoms with Crippen LogP contribution in [0.2, 0.25) is 15.1 Å². The Morgan fingerprint density at radius 2 is 1.89 bits per heavy atom. The number of fused-ring (bicyclic) bond motifs is 1. The lowest BCUT2D eigenvalue weighted by Crippen LogP contribution is -2.18. The van der Waals surface area contributed by atoms with Gasteiger partial charge in [-0.1, -0.05) is 46.6 Å². The van der Waals surface area contributed by atoms with E-state index < -0.39 is 17.6 Å². The summed E-state index contributed by atoms with van der Waals surface area (Å²) in [4.78, 5) is 12.1. The number of nitrogens with one attached hydrogen (secondary N) is 1. The van der Waals surface area contributed by atoms with Crippen molar-refractivity contribution >= 4 is 63.8 Å². The number of thioether (sulfide) groups is 1. The lowest BCUT2D eigenvalue weighted by atomic mass is 10.1. The Morgan fingerprint density at radius 1 is 1.15 bits per heavy atom. The first-order chi connectivity index (χ1) is 12.6. The maximum atomic E-state index is 13.1. The highest BCUT2D eigenvalue weighted by Gasteiger charge is 2.34. The highest BCUT2D eigenvalue weighted by Crippen LogP contribution is 2.36. The molecule has 0 bridgehead atoms. The molecule has 1 amide bonds. The van der Waals surface area contributed by atoms with Crippen LogP contribution in [0, 0.1) is 0 Å². The number of nitrogens with zero attached hydrogens (tertiary/aromatic N) is 3. The summed E-state index contributed by atoms with van der Waals surface area (Å²) < 4.78 is 40.7. The summed E-state index contributed by atoms with van der Waals surface area (Å²) in [6.45, 7) is 0. The molecule has 142 valence electrons. The zero-order valence-electron chi connectivity index (χ0n) is 13.0. The second-order valence-electron chi connectivity index (χ2n) is 5.21. The molecule has 5 nitrogen and oxygen atoms in total. The Labute approximate surface area is 169 Å². The van der Waals surface area contributed by atoms with Crippen LogP contribution in [-0.4, -0.2) is 26.3 Å². The molecule has 0 radical (unpaired) electrons. The molecular formula is C15H8Cl3F3N4OS. The van der Waals surface area contributed by atoms with Gasteiger partial charge in [-0.15, -0.1) is 10.2 Å². The maximum absolute atomic E-state index is 13.1. The number of carbonyl (C=O) groups is 1. The fourth-order valence-electron chi connectivity index (χ4n) is 2.18. The van der Waals surface area contributed by atoms with Gasteiger partial charge in [0.05, 0.1) is 27.0 Å². The smallest absolute Gasteiger partial charge is 0.325 e. The molecule has 1 aromatic carbocycles. The molecule has 0 fully saturated rings. The lowest BCUT2D eigenvalue weighted by Gasteiger charge is -2.14. The number of hydrogen-bond donors (Lipinski definition) is 1. The van der Waals surface area contributed by atoms with Crippen molar-refractivity contribution in [2.45, 2.75) is 11.3 Å². The Bertz CT molecular complexity index is 1030. The first-order valence-electron chi connectivity index (χ1n) is 7.14. The molecule has 3 aromatic rings. The summed E-state index contributed by atoms with van der Waals surface area (Å²) in [7, 11) is 0. The molecule has 27 heavy (non-hydrogen) atoms. The van der Waals surface area contributed by atoms with Gasteiger partial charge in [0, 0.05) is 11.2 Å². The number of halogens is 6. The lowest BCUT2D eigenvalue weighted by molar-refractivity contribution is -0.137. The fourth-order valence-corrected chi connectivity index (χ4v) is 3.57. The number of benzene rings is 1. The monoisotopic (exact) mass is 454 g/mol. The van der Waals surface area contributed by atoms with Gasteiger partial charge in [0.15, 0.2) is 10.8 Å². The van der Waals surface area contributed by atoms with E-state index in [0.29, 0.717) is 15.8 Å². The Kier molecular flexibility index (Phi) is 5.76. The third-order valence-electron chi connectivity index (χ3n) is 3.29. The zero-order valence-corrected chi connectivity index (χ0v) is 16.1. The van der Waals surface area contributed by atoms with Crippen molar-refractivity contribution in [3.05, 3.63) is 51.1 Å². The summed E-state index contributed by atoms with van der Waals surface area (Å²) >= 11 is 18.5. The van der Waals surface area contributed by atoms with E-state index in [1.165, 1.54) is 22.7 Å². The molecule has 0 aliphatic carbocycles. The van der Waals surface area contributed by atoms with Crippen LogP contribution in [0.4, 0.5) is 18.9 Å². The van der Waals surface area contributed by atoms with Gasteiger partial charge in [-0.2, -0.15) is 13.2 Å². The summed E-state index contributed by atoms with van der Waals surface area (Å²) in [5, 5.41) is 10.9. The van der Waals surface area contributed by atoms with Gasteiger partial charge in [-0.05, 0) is 24.3 Å². The van der Waals surface area contributed by atoms with E-state index in [4.69, 9.17) is 34.8 Å². The van der Waals surface area contributed by atoms with Crippen LogP contribution in [-0.2, 0) is 11.0 Å². The fraction of sp³-hybridized carbons (Fsp3) is 0.133. The van der Waals surface area contributed by atoms with E-state index in [9.17, 15) is 18.0 Å². The van der Waals surface area contributed by atoms with Crippen LogP contribution >= 0.6 is 46.6 Å². The molecule has 1 N–H and O–H groups in total. The molecule has 12 heteroatoms. The molecule has 0 saturated carbocycles. The summed E-state index contributed by atoms with van der Waals surface area (Å²) in [5.74, 6) is -0.858. The predicted molar refractivity (Wildman–Crippen MR) is 98.8 cm³/mol. The second kappa shape index (κ2) is 7.75. The number of alkyl halides is 3. The first kappa shape index (κ1) is 20.1. The van der Waals surface area contributed by atoms with Gasteiger partial charge < -0.3 is 5.32 Å². The van der Waals surface area contributed by atoms with Crippen LogP contribution < -0.4 is 5.32 Å². The first-order valence-corrected chi connectivity index (χ1v) is 9.26. The second-order valence-corrected chi connectivity index (χ2v) is 7.43. The molecule has 0 aliphatic rings. The van der Waals surface area contributed by atoms with Crippen molar-refractivity contribution in [1.29, 1.82) is 0 Å². The van der Waals surface area contributed by atoms with E-state index in [-0.39, 0.29) is 21.5 Å². The minimum Gasteiger partial charge on any atom is -0.325 e. The van der Waals surface area contributed by atoms with E-state index in [1.807, 2.05) is 0 Å². The Morgan fingerprint density at radius 3 is 2.59 bits per heavy atom. The third kappa shape index (κ3) is 4.60. The molecule has 0 atom stereocenters. The quantitative estimate of drug-likeness (QED) is 0.532. The standard InChI is InChI=1S/C15H8Cl3F3N4OS/c16-7-1-2-11(9(3-7)15(19,20)21)22-12(26)6-27-14-24-23-13-10(18)4-8(17)5-25(13)14/h1-5H,6H2,(H,22,26). The highest BCUT2D eigenvalue weighted by atomic mass is 35.5. The number of aromatic nitrogens is 3. The molecule has 0 aliphatic heterocycles. The maximum Gasteiger partial charge on any atom is 0.418 e. The highest BCUT2D eigenvalue weighted by molar-refractivity contribution is 7.99. The summed E-state index contributed by atoms with van der Waals surface area (Å²) in [6, 6.07) is 4.60. The largest absolute Gasteiger partial charge is 0.418 e. The summed E-state index contributed by atoms with van der Waals surface area (Å²) in [6.07, 6.45) is -3.14. The predicted octanol–water partition coefficient (Wildman–Crippen LogP) is 5.44. The number of anilines is 1. The number of rotatable bonds is 4. The van der Waals surface area contributed by atoms with Gasteiger partial charge in [0.2, 0.25) is 5.91 Å². The summed E-state index contributed by atoms with van der Waals surface area (Å²) in [5.41, 5.74) is -1.06. The van der Waals surface area contributed by atoms with Crippen molar-refractivity contribution in [2.24, 2.45) is 0 Å². The topological polar surface area (TPSA) is 59.3 Å². The molecular weight excluding hydrogens is 448 g/mol. The number of carbonyl (C=O) groups excluding carboxylic acids is 1. The van der Waals surface area contributed by atoms with Crippen molar-refractivity contribution in [1.82, 2.24) is 14.6 Å². The van der Waals surface area contributed by atoms with E-state index in [2.05, 4.69) is 15.5 Å². The average Bonchev–Trinajstić information content (AvgIpc) is 2.97. The minimum absolute atomic E-state index is 0.0848. The zero-order chi connectivity index (χ0) is 19.8. The molecule has 0 spiro atoms. The van der Waals surface area contributed by atoms with Crippen LogP contribution in [0.15, 0.2) is 35.6 Å². The van der Waals surface area contributed by atoms with Crippen LogP contribution in [0.5, 0.6) is 0 Å². The van der Waals surface area contributed by atoms with Gasteiger partial charge in [-0.25, -0.2) is 0 Å². The third-order valence-corrected chi connectivity index (χ3v) is 4.95. The van der Waals surface area contributed by atoms with E-state index >= 15 is 0 Å². The average molecular weight is 456 g/mol. The van der Waals surface area contributed by atoms with E-state index in [0.717, 1.165) is 23.9 Å². The molecule has 2 heterocycles. The molecule has 0 saturated heterocycles. The molecule has 2 aromatic heterocycles. The molecule has 3 rings (SSSR count). The van der Waals surface area contributed by atoms with Crippen molar-refractivity contribution in [3.8, 4) is 0 Å². The van der Waals surface area contributed by atoms with E-state index in [1.54, 1.807) is 0 Å². The minimum atomic E-state index is -4.66. The van der Waals surface area contributed by atoms with Crippen molar-refractivity contribution < 1.29 is 18.0 Å². The number of amides is 1. The number of hydrogen-bond acceptors (Lipinski definition) is 4. The van der Waals surface area contributed by atoms with Crippen molar-refractivity contribution in [2.75, 3.05) is 11.1 Å². The van der Waals surface area contributed by atoms with Crippen LogP contribution in [0.25, 0.3) is 5.65 Å². The van der Waals surface area contributed by atoms with Gasteiger partial charge in [0.1, 0.15) is 0 Å². The molecule has 0 unspecified atom stereocenters. The van der Waals surface area contributed by atoms with Gasteiger partial charge >= 0.3 is 6.18 Å². The van der Waals surface area contributed by atoms with Crippen LogP contribution in [0.1, 0.15) is 5.56 Å². The van der Waals surface area contributed by atoms with Crippen LogP contribution in [0.3, 0.4) is 0 Å². The SMILES string of the molecule is O=C(CSc1nnc2c(Cl)cc(Cl)cn12)Nc1ccc(Cl)cc1C(F)(F)F. The Hall–Kier alpha value is -1.68.